The first-order chi connectivity index (χ1) is 8.06. The lowest BCUT2D eigenvalue weighted by molar-refractivity contribution is 0.0868. The zero-order valence-corrected chi connectivity index (χ0v) is 11.5. The van der Waals surface area contributed by atoms with Gasteiger partial charge in [0.05, 0.1) is 0 Å². The minimum absolute atomic E-state index is 0.0763. The number of carbonyl (C=O) groups is 1. The highest BCUT2D eigenvalue weighted by Gasteiger charge is 2.26. The monoisotopic (exact) mass is 298 g/mol. The smallest absolute Gasteiger partial charge is 0.166 e. The van der Waals surface area contributed by atoms with E-state index in [1.165, 1.54) is 18.6 Å². The highest BCUT2D eigenvalue weighted by molar-refractivity contribution is 9.10. The number of carbonyl (C=O) groups excluding carboxylic acids is 1. The van der Waals surface area contributed by atoms with Gasteiger partial charge in [0.25, 0.3) is 0 Å². The van der Waals surface area contributed by atoms with Crippen LogP contribution in [0, 0.1) is 17.7 Å². The molecular weight excluding hydrogens is 283 g/mol. The summed E-state index contributed by atoms with van der Waals surface area (Å²) in [6.07, 6.45) is 4.19. The number of rotatable bonds is 2. The standard InChI is InChI=1S/C14H16BrFO/c1-9-3-2-4-10(5-9)14(17)11-6-12(15)8-13(16)7-11/h6-10H,2-5H2,1H3. The van der Waals surface area contributed by atoms with Crippen molar-refractivity contribution in [2.75, 3.05) is 0 Å². The van der Waals surface area contributed by atoms with Gasteiger partial charge in [-0.25, -0.2) is 4.39 Å². The van der Waals surface area contributed by atoms with Crippen LogP contribution in [0.25, 0.3) is 0 Å². The Morgan fingerprint density at radius 1 is 1.35 bits per heavy atom. The fourth-order valence-corrected chi connectivity index (χ4v) is 3.07. The van der Waals surface area contributed by atoms with E-state index < -0.39 is 0 Å². The topological polar surface area (TPSA) is 17.1 Å². The molecule has 1 saturated carbocycles. The number of hydrogen-bond donors (Lipinski definition) is 0. The molecule has 0 saturated heterocycles. The first-order valence-electron chi connectivity index (χ1n) is 6.06. The van der Waals surface area contributed by atoms with Crippen molar-refractivity contribution in [1.82, 2.24) is 0 Å². The summed E-state index contributed by atoms with van der Waals surface area (Å²) in [4.78, 5) is 12.3. The van der Waals surface area contributed by atoms with Crippen molar-refractivity contribution in [3.05, 3.63) is 34.1 Å². The summed E-state index contributed by atoms with van der Waals surface area (Å²) in [6.45, 7) is 2.18. The van der Waals surface area contributed by atoms with Crippen LogP contribution in [0.15, 0.2) is 22.7 Å². The first-order valence-corrected chi connectivity index (χ1v) is 6.86. The van der Waals surface area contributed by atoms with Gasteiger partial charge in [0.2, 0.25) is 0 Å². The van der Waals surface area contributed by atoms with Crippen LogP contribution < -0.4 is 0 Å². The molecule has 0 heterocycles. The molecule has 0 amide bonds. The summed E-state index contributed by atoms with van der Waals surface area (Å²) in [6, 6.07) is 4.43. The summed E-state index contributed by atoms with van der Waals surface area (Å²) in [5.41, 5.74) is 0.496. The normalized spacial score (nSPS) is 24.6. The van der Waals surface area contributed by atoms with Crippen molar-refractivity contribution in [2.45, 2.75) is 32.6 Å². The van der Waals surface area contributed by atoms with Crippen LogP contribution in [0.3, 0.4) is 0 Å². The summed E-state index contributed by atoms with van der Waals surface area (Å²) in [5.74, 6) is 0.422. The van der Waals surface area contributed by atoms with Crippen molar-refractivity contribution in [3.8, 4) is 0 Å². The molecule has 0 aliphatic heterocycles. The van der Waals surface area contributed by atoms with Crippen molar-refractivity contribution in [2.24, 2.45) is 11.8 Å². The van der Waals surface area contributed by atoms with E-state index in [0.717, 1.165) is 19.3 Å². The Bertz CT molecular complexity index is 410. The van der Waals surface area contributed by atoms with Crippen molar-refractivity contribution >= 4 is 21.7 Å². The Morgan fingerprint density at radius 2 is 2.12 bits per heavy atom. The lowest BCUT2D eigenvalue weighted by Crippen LogP contribution is -2.22. The van der Waals surface area contributed by atoms with Crippen molar-refractivity contribution in [3.63, 3.8) is 0 Å². The van der Waals surface area contributed by atoms with E-state index in [1.807, 2.05) is 0 Å². The van der Waals surface area contributed by atoms with E-state index in [2.05, 4.69) is 22.9 Å². The number of halogens is 2. The zero-order valence-electron chi connectivity index (χ0n) is 9.88. The Labute approximate surface area is 110 Å². The van der Waals surface area contributed by atoms with Gasteiger partial charge in [-0.1, -0.05) is 35.7 Å². The third kappa shape index (κ3) is 3.15. The van der Waals surface area contributed by atoms with Gasteiger partial charge in [-0.15, -0.1) is 0 Å². The van der Waals surface area contributed by atoms with Gasteiger partial charge in [-0.05, 0) is 37.0 Å². The lowest BCUT2D eigenvalue weighted by Gasteiger charge is -2.25. The maximum atomic E-state index is 13.2. The number of ketones is 1. The lowest BCUT2D eigenvalue weighted by atomic mass is 9.79. The van der Waals surface area contributed by atoms with Gasteiger partial charge >= 0.3 is 0 Å². The Kier molecular flexibility index (Phi) is 3.97. The summed E-state index contributed by atoms with van der Waals surface area (Å²) in [7, 11) is 0. The van der Waals surface area contributed by atoms with E-state index >= 15 is 0 Å². The highest BCUT2D eigenvalue weighted by atomic mass is 79.9. The molecule has 92 valence electrons. The number of benzene rings is 1. The SMILES string of the molecule is CC1CCCC(C(=O)c2cc(F)cc(Br)c2)C1. The molecule has 1 aromatic rings. The van der Waals surface area contributed by atoms with Crippen LogP contribution in [0.1, 0.15) is 43.0 Å². The molecule has 1 aromatic carbocycles. The van der Waals surface area contributed by atoms with Gasteiger partial charge in [-0.3, -0.25) is 4.79 Å². The average molecular weight is 299 g/mol. The summed E-state index contributed by atoms with van der Waals surface area (Å²) >= 11 is 3.22. The molecule has 17 heavy (non-hydrogen) atoms. The Morgan fingerprint density at radius 3 is 2.76 bits per heavy atom. The predicted molar refractivity (Wildman–Crippen MR) is 69.6 cm³/mol. The molecule has 0 bridgehead atoms. The minimum atomic E-state index is -0.355. The van der Waals surface area contributed by atoms with Crippen LogP contribution in [-0.4, -0.2) is 5.78 Å². The van der Waals surface area contributed by atoms with E-state index in [9.17, 15) is 9.18 Å². The highest BCUT2D eigenvalue weighted by Crippen LogP contribution is 2.31. The van der Waals surface area contributed by atoms with E-state index in [4.69, 9.17) is 0 Å². The fraction of sp³-hybridized carbons (Fsp3) is 0.500. The fourth-order valence-electron chi connectivity index (χ4n) is 2.60. The Balaban J connectivity index is 2.18. The number of hydrogen-bond acceptors (Lipinski definition) is 1. The van der Waals surface area contributed by atoms with E-state index in [0.29, 0.717) is 16.0 Å². The molecule has 2 rings (SSSR count). The van der Waals surface area contributed by atoms with E-state index in [1.54, 1.807) is 6.07 Å². The first kappa shape index (κ1) is 12.7. The molecule has 3 heteroatoms. The van der Waals surface area contributed by atoms with Gasteiger partial charge in [0.15, 0.2) is 5.78 Å². The third-order valence-corrected chi connectivity index (χ3v) is 3.91. The molecule has 1 nitrogen and oxygen atoms in total. The quantitative estimate of drug-likeness (QED) is 0.730. The maximum Gasteiger partial charge on any atom is 0.166 e. The minimum Gasteiger partial charge on any atom is -0.294 e. The summed E-state index contributed by atoms with van der Waals surface area (Å²) < 4.78 is 13.9. The molecule has 0 aromatic heterocycles. The second kappa shape index (κ2) is 5.30. The van der Waals surface area contributed by atoms with Crippen LogP contribution in [-0.2, 0) is 0 Å². The van der Waals surface area contributed by atoms with Gasteiger partial charge < -0.3 is 0 Å². The van der Waals surface area contributed by atoms with Crippen molar-refractivity contribution < 1.29 is 9.18 Å². The Hall–Kier alpha value is -0.700. The third-order valence-electron chi connectivity index (χ3n) is 3.45. The van der Waals surface area contributed by atoms with Crippen LogP contribution in [0.5, 0.6) is 0 Å². The van der Waals surface area contributed by atoms with E-state index in [-0.39, 0.29) is 17.5 Å². The second-order valence-corrected chi connectivity index (χ2v) is 5.91. The maximum absolute atomic E-state index is 13.2. The van der Waals surface area contributed by atoms with Gasteiger partial charge in [0.1, 0.15) is 5.82 Å². The largest absolute Gasteiger partial charge is 0.294 e. The summed E-state index contributed by atoms with van der Waals surface area (Å²) in [5, 5.41) is 0. The molecule has 0 radical (unpaired) electrons. The molecule has 1 fully saturated rings. The van der Waals surface area contributed by atoms with Crippen molar-refractivity contribution in [1.29, 1.82) is 0 Å². The molecule has 1 aliphatic rings. The zero-order chi connectivity index (χ0) is 12.4. The second-order valence-electron chi connectivity index (χ2n) is 4.99. The molecular formula is C14H16BrFO. The molecule has 0 spiro atoms. The van der Waals surface area contributed by atoms with Crippen LogP contribution in [0.4, 0.5) is 4.39 Å². The molecule has 2 unspecified atom stereocenters. The van der Waals surface area contributed by atoms with Crippen LogP contribution >= 0.6 is 15.9 Å². The predicted octanol–water partition coefficient (Wildman–Crippen LogP) is 4.60. The van der Waals surface area contributed by atoms with Crippen LogP contribution in [0.2, 0.25) is 0 Å². The van der Waals surface area contributed by atoms with Gasteiger partial charge in [-0.2, -0.15) is 0 Å². The molecule has 0 N–H and O–H groups in total. The average Bonchev–Trinajstić information content (AvgIpc) is 2.26. The number of Topliss-reactive ketones (excluding diaryl/α,β-unsaturated/α-hetero) is 1. The molecule has 2 atom stereocenters. The van der Waals surface area contributed by atoms with Gasteiger partial charge in [0, 0.05) is 16.0 Å². The molecule has 1 aliphatic carbocycles.